The fraction of sp³-hybridized carbons (Fsp3) is 0. The molecular weight excluding hydrogens is 242 g/mol. The molecule has 1 amide bonds. The minimum atomic E-state index is -0.317. The number of hydrogen-bond acceptors (Lipinski definition) is 3. The summed E-state index contributed by atoms with van der Waals surface area (Å²) in [5.41, 5.74) is 1.67. The van der Waals surface area contributed by atoms with Crippen molar-refractivity contribution in [1.82, 2.24) is 10.2 Å². The molecule has 0 aliphatic rings. The van der Waals surface area contributed by atoms with Crippen molar-refractivity contribution in [1.29, 1.82) is 0 Å². The highest BCUT2D eigenvalue weighted by Crippen LogP contribution is 2.19. The molecule has 3 aromatic rings. The number of phenols is 1. The molecule has 0 radical (unpaired) electrons. The third-order valence-electron chi connectivity index (χ3n) is 2.79. The van der Waals surface area contributed by atoms with Gasteiger partial charge >= 0.3 is 0 Å². The number of fused-ring (bicyclic) bond motifs is 1. The SMILES string of the molecule is O=C(Nc1cccc(O)c1)c1n[nH]c2ccccc12. The topological polar surface area (TPSA) is 78.0 Å². The fourth-order valence-electron chi connectivity index (χ4n) is 1.91. The molecule has 2 aromatic carbocycles. The Kier molecular flexibility index (Phi) is 2.64. The number of nitrogens with zero attached hydrogens (tertiary/aromatic N) is 1. The van der Waals surface area contributed by atoms with Crippen molar-refractivity contribution in [2.24, 2.45) is 0 Å². The van der Waals surface area contributed by atoms with Crippen LogP contribution in [0.2, 0.25) is 0 Å². The van der Waals surface area contributed by atoms with Gasteiger partial charge in [-0.25, -0.2) is 0 Å². The normalized spacial score (nSPS) is 10.5. The summed E-state index contributed by atoms with van der Waals surface area (Å²) in [4.78, 5) is 12.1. The summed E-state index contributed by atoms with van der Waals surface area (Å²) < 4.78 is 0. The number of carbonyl (C=O) groups excluding carboxylic acids is 1. The second-order valence-corrected chi connectivity index (χ2v) is 4.12. The maximum absolute atomic E-state index is 12.1. The average Bonchev–Trinajstić information content (AvgIpc) is 2.82. The van der Waals surface area contributed by atoms with E-state index in [9.17, 15) is 9.90 Å². The van der Waals surface area contributed by atoms with E-state index in [2.05, 4.69) is 15.5 Å². The van der Waals surface area contributed by atoms with Crippen LogP contribution in [0.25, 0.3) is 10.9 Å². The van der Waals surface area contributed by atoms with E-state index in [4.69, 9.17) is 0 Å². The number of rotatable bonds is 2. The van der Waals surface area contributed by atoms with Crippen LogP contribution < -0.4 is 5.32 Å². The Balaban J connectivity index is 1.92. The molecule has 0 saturated carbocycles. The summed E-state index contributed by atoms with van der Waals surface area (Å²) in [7, 11) is 0. The van der Waals surface area contributed by atoms with Crippen molar-refractivity contribution in [3.8, 4) is 5.75 Å². The quantitative estimate of drug-likeness (QED) is 0.656. The van der Waals surface area contributed by atoms with Gasteiger partial charge in [-0.1, -0.05) is 24.3 Å². The number of benzene rings is 2. The monoisotopic (exact) mass is 253 g/mol. The predicted octanol–water partition coefficient (Wildman–Crippen LogP) is 2.52. The summed E-state index contributed by atoms with van der Waals surface area (Å²) in [5.74, 6) is -0.215. The van der Waals surface area contributed by atoms with Gasteiger partial charge in [0.25, 0.3) is 5.91 Å². The summed E-state index contributed by atoms with van der Waals surface area (Å²) in [6, 6.07) is 13.8. The number of aromatic hydroxyl groups is 1. The first kappa shape index (κ1) is 11.3. The van der Waals surface area contributed by atoms with Crippen LogP contribution in [0.15, 0.2) is 48.5 Å². The number of para-hydroxylation sites is 1. The summed E-state index contributed by atoms with van der Waals surface area (Å²) in [6.07, 6.45) is 0. The van der Waals surface area contributed by atoms with E-state index in [0.29, 0.717) is 11.4 Å². The molecular formula is C14H11N3O2. The molecule has 0 saturated heterocycles. The Morgan fingerprint density at radius 2 is 2.00 bits per heavy atom. The fourth-order valence-corrected chi connectivity index (χ4v) is 1.91. The summed E-state index contributed by atoms with van der Waals surface area (Å²) in [5, 5.41) is 19.6. The Hall–Kier alpha value is -2.82. The van der Waals surface area contributed by atoms with E-state index >= 15 is 0 Å². The van der Waals surface area contributed by atoms with Gasteiger partial charge in [0.1, 0.15) is 5.75 Å². The third-order valence-corrected chi connectivity index (χ3v) is 2.79. The van der Waals surface area contributed by atoms with Crippen LogP contribution in [0.3, 0.4) is 0 Å². The predicted molar refractivity (Wildman–Crippen MR) is 72.2 cm³/mol. The maximum atomic E-state index is 12.1. The minimum absolute atomic E-state index is 0.102. The summed E-state index contributed by atoms with van der Waals surface area (Å²) in [6.45, 7) is 0. The Labute approximate surface area is 108 Å². The first-order valence-electron chi connectivity index (χ1n) is 5.77. The lowest BCUT2D eigenvalue weighted by Crippen LogP contribution is -2.12. The van der Waals surface area contributed by atoms with Gasteiger partial charge in [-0.3, -0.25) is 9.89 Å². The number of hydrogen-bond donors (Lipinski definition) is 3. The smallest absolute Gasteiger partial charge is 0.276 e. The highest BCUT2D eigenvalue weighted by Gasteiger charge is 2.13. The molecule has 0 bridgehead atoms. The van der Waals surface area contributed by atoms with Gasteiger partial charge in [0, 0.05) is 17.1 Å². The van der Waals surface area contributed by atoms with E-state index in [1.54, 1.807) is 18.2 Å². The van der Waals surface area contributed by atoms with E-state index in [0.717, 1.165) is 10.9 Å². The number of anilines is 1. The number of amides is 1. The molecule has 19 heavy (non-hydrogen) atoms. The highest BCUT2D eigenvalue weighted by molar-refractivity contribution is 6.11. The molecule has 3 rings (SSSR count). The number of H-pyrrole nitrogens is 1. The highest BCUT2D eigenvalue weighted by atomic mass is 16.3. The lowest BCUT2D eigenvalue weighted by molar-refractivity contribution is 0.102. The average molecular weight is 253 g/mol. The van der Waals surface area contributed by atoms with Crippen LogP contribution in [0, 0.1) is 0 Å². The van der Waals surface area contributed by atoms with Crippen LogP contribution in [-0.2, 0) is 0 Å². The van der Waals surface area contributed by atoms with Gasteiger partial charge < -0.3 is 10.4 Å². The lowest BCUT2D eigenvalue weighted by Gasteiger charge is -2.03. The van der Waals surface area contributed by atoms with Crippen LogP contribution >= 0.6 is 0 Å². The number of aromatic nitrogens is 2. The molecule has 5 heteroatoms. The standard InChI is InChI=1S/C14H11N3O2/c18-10-5-3-4-9(8-10)15-14(19)13-11-6-1-2-7-12(11)16-17-13/h1-8,18H,(H,15,19)(H,16,17). The van der Waals surface area contributed by atoms with Gasteiger partial charge in [-0.15, -0.1) is 0 Å². The molecule has 0 spiro atoms. The Bertz CT molecular complexity index is 749. The van der Waals surface area contributed by atoms with E-state index in [1.165, 1.54) is 6.07 Å². The molecule has 1 aromatic heterocycles. The minimum Gasteiger partial charge on any atom is -0.508 e. The number of phenolic OH excluding ortho intramolecular Hbond substituents is 1. The van der Waals surface area contributed by atoms with Gasteiger partial charge in [-0.2, -0.15) is 5.10 Å². The van der Waals surface area contributed by atoms with E-state index in [-0.39, 0.29) is 11.7 Å². The van der Waals surface area contributed by atoms with Gasteiger partial charge in [0.2, 0.25) is 0 Å². The van der Waals surface area contributed by atoms with Crippen molar-refractivity contribution >= 4 is 22.5 Å². The van der Waals surface area contributed by atoms with Gasteiger partial charge in [0.05, 0.1) is 5.52 Å². The van der Waals surface area contributed by atoms with E-state index < -0.39 is 0 Å². The zero-order valence-corrected chi connectivity index (χ0v) is 9.92. The first-order chi connectivity index (χ1) is 9.24. The molecule has 0 fully saturated rings. The zero-order chi connectivity index (χ0) is 13.2. The first-order valence-corrected chi connectivity index (χ1v) is 5.77. The van der Waals surface area contributed by atoms with Crippen molar-refractivity contribution < 1.29 is 9.90 Å². The molecule has 0 atom stereocenters. The van der Waals surface area contributed by atoms with E-state index in [1.807, 2.05) is 24.3 Å². The van der Waals surface area contributed by atoms with Gasteiger partial charge in [0.15, 0.2) is 5.69 Å². The molecule has 1 heterocycles. The van der Waals surface area contributed by atoms with Crippen LogP contribution in [0.1, 0.15) is 10.5 Å². The Morgan fingerprint density at radius 3 is 2.84 bits per heavy atom. The molecule has 3 N–H and O–H groups in total. The summed E-state index contributed by atoms with van der Waals surface area (Å²) >= 11 is 0. The van der Waals surface area contributed by atoms with Crippen molar-refractivity contribution in [2.75, 3.05) is 5.32 Å². The second kappa shape index (κ2) is 4.45. The third kappa shape index (κ3) is 2.13. The molecule has 0 unspecified atom stereocenters. The molecule has 94 valence electrons. The number of carbonyl (C=O) groups is 1. The lowest BCUT2D eigenvalue weighted by atomic mass is 10.2. The van der Waals surface area contributed by atoms with Crippen molar-refractivity contribution in [3.63, 3.8) is 0 Å². The number of nitrogens with one attached hydrogen (secondary N) is 2. The number of aromatic amines is 1. The zero-order valence-electron chi connectivity index (χ0n) is 9.92. The second-order valence-electron chi connectivity index (χ2n) is 4.12. The Morgan fingerprint density at radius 1 is 1.16 bits per heavy atom. The van der Waals surface area contributed by atoms with Crippen LogP contribution in [0.4, 0.5) is 5.69 Å². The molecule has 5 nitrogen and oxygen atoms in total. The molecule has 0 aliphatic heterocycles. The van der Waals surface area contributed by atoms with Crippen LogP contribution in [0.5, 0.6) is 5.75 Å². The molecule has 0 aliphatic carbocycles. The van der Waals surface area contributed by atoms with Gasteiger partial charge in [-0.05, 0) is 18.2 Å². The largest absolute Gasteiger partial charge is 0.508 e. The maximum Gasteiger partial charge on any atom is 0.276 e. The van der Waals surface area contributed by atoms with Crippen molar-refractivity contribution in [3.05, 3.63) is 54.2 Å². The van der Waals surface area contributed by atoms with Crippen LogP contribution in [-0.4, -0.2) is 21.2 Å². The van der Waals surface area contributed by atoms with Crippen molar-refractivity contribution in [2.45, 2.75) is 0 Å².